The number of nitrogens with zero attached hydrogens (tertiary/aromatic N) is 2. The van der Waals surface area contributed by atoms with Gasteiger partial charge in [-0.1, -0.05) is 6.92 Å². The van der Waals surface area contributed by atoms with E-state index in [1.54, 1.807) is 6.20 Å². The molecule has 21 heavy (non-hydrogen) atoms. The number of aromatic nitrogens is 1. The number of rotatable bonds is 1. The average molecular weight is 357 g/mol. The molecule has 3 atom stereocenters. The van der Waals surface area contributed by atoms with Crippen molar-refractivity contribution in [2.75, 3.05) is 20.7 Å². The summed E-state index contributed by atoms with van der Waals surface area (Å²) in [7, 11) is 3.59. The van der Waals surface area contributed by atoms with Crippen molar-refractivity contribution in [2.24, 2.45) is 5.41 Å². The molecular weight excluding hydrogens is 336 g/mol. The van der Waals surface area contributed by atoms with Crippen molar-refractivity contribution in [3.05, 3.63) is 26.6 Å². The van der Waals surface area contributed by atoms with E-state index in [0.29, 0.717) is 10.2 Å². The molecule has 0 amide bonds. The number of likely N-dealkylation sites (tertiary alicyclic amines) is 1. The molecule has 1 fully saturated rings. The predicted octanol–water partition coefficient (Wildman–Crippen LogP) is 1.77. The number of halogens is 1. The summed E-state index contributed by atoms with van der Waals surface area (Å²) in [5.74, 6) is 0.254. The smallest absolute Gasteiger partial charge is 0.237 e. The topological polar surface area (TPSA) is 54.7 Å². The second kappa shape index (κ2) is 5.11. The number of fused-ring (bicyclic) bond motifs is 2. The number of aliphatic hydroxyl groups excluding tert-OH is 1. The molecule has 1 unspecified atom stereocenters. The summed E-state index contributed by atoms with van der Waals surface area (Å²) in [5.41, 5.74) is 0.161. The lowest BCUT2D eigenvalue weighted by molar-refractivity contribution is -0.0862. The van der Waals surface area contributed by atoms with Gasteiger partial charge in [-0.2, -0.15) is 0 Å². The molecule has 1 aromatic rings. The second-order valence-corrected chi connectivity index (χ2v) is 7.24. The van der Waals surface area contributed by atoms with Crippen molar-refractivity contribution in [3.8, 4) is 5.75 Å². The first-order valence-electron chi connectivity index (χ1n) is 7.25. The van der Waals surface area contributed by atoms with Crippen LogP contribution in [0.1, 0.15) is 31.6 Å². The summed E-state index contributed by atoms with van der Waals surface area (Å²) in [5, 5.41) is 11.0. The number of aliphatic hydroxyl groups is 1. The number of piperidine rings is 1. The van der Waals surface area contributed by atoms with Crippen molar-refractivity contribution < 1.29 is 9.84 Å². The fourth-order valence-corrected chi connectivity index (χ4v) is 4.38. The number of likely N-dealkylation sites (N-methyl/N-ethyl adjacent to an activating group) is 1. The number of hydrogen-bond donors (Lipinski definition) is 1. The minimum atomic E-state index is -0.699. The predicted molar refractivity (Wildman–Crippen MR) is 83.7 cm³/mol. The maximum absolute atomic E-state index is 12.2. The van der Waals surface area contributed by atoms with E-state index in [0.717, 1.165) is 25.9 Å². The molecule has 1 N–H and O–H groups in total. The van der Waals surface area contributed by atoms with Gasteiger partial charge >= 0.3 is 0 Å². The molecule has 2 aliphatic heterocycles. The van der Waals surface area contributed by atoms with Crippen LogP contribution in [0.2, 0.25) is 0 Å². The molecule has 1 aromatic heterocycles. The molecule has 0 spiro atoms. The van der Waals surface area contributed by atoms with Gasteiger partial charge in [0.25, 0.3) is 0 Å². The molecule has 6 heteroatoms. The fraction of sp³-hybridized carbons (Fsp3) is 0.667. The second-order valence-electron chi connectivity index (χ2n) is 6.39. The number of pyridine rings is 1. The summed E-state index contributed by atoms with van der Waals surface area (Å²) in [6.45, 7) is 3.92. The Balaban J connectivity index is 2.21. The summed E-state index contributed by atoms with van der Waals surface area (Å²) >= 11 is 3.29. The average Bonchev–Trinajstić information content (AvgIpc) is 2.44. The monoisotopic (exact) mass is 356 g/mol. The highest BCUT2D eigenvalue weighted by molar-refractivity contribution is 9.10. The standard InChI is InChI=1S/C15H21BrN2O3/c1-15-5-4-6-17(2)10(15)8-18-7-9(16)12(19)13(21-3)11(18)14(15)20/h7,10,14,20H,4-6,8H2,1-3H3/t10-,14?,15-/m0/s1. The van der Waals surface area contributed by atoms with Crippen molar-refractivity contribution in [1.82, 2.24) is 9.47 Å². The molecule has 0 aliphatic carbocycles. The number of methoxy groups -OCH3 is 1. The molecule has 3 heterocycles. The van der Waals surface area contributed by atoms with Crippen LogP contribution in [0, 0.1) is 5.41 Å². The normalized spacial score (nSPS) is 32.4. The highest BCUT2D eigenvalue weighted by Crippen LogP contribution is 2.50. The van der Waals surface area contributed by atoms with Crippen LogP contribution in [-0.2, 0) is 6.54 Å². The summed E-state index contributed by atoms with van der Waals surface area (Å²) in [6, 6.07) is 0.257. The van der Waals surface area contributed by atoms with Crippen LogP contribution in [0.4, 0.5) is 0 Å². The molecule has 5 nitrogen and oxygen atoms in total. The van der Waals surface area contributed by atoms with Gasteiger partial charge in [0.2, 0.25) is 5.43 Å². The Morgan fingerprint density at radius 2 is 2.24 bits per heavy atom. The van der Waals surface area contributed by atoms with Gasteiger partial charge in [-0.15, -0.1) is 0 Å². The van der Waals surface area contributed by atoms with Crippen LogP contribution >= 0.6 is 15.9 Å². The van der Waals surface area contributed by atoms with Gasteiger partial charge in [0.05, 0.1) is 17.3 Å². The Morgan fingerprint density at radius 3 is 2.90 bits per heavy atom. The highest BCUT2D eigenvalue weighted by Gasteiger charge is 2.50. The quantitative estimate of drug-likeness (QED) is 0.832. The third kappa shape index (κ3) is 2.07. The molecule has 3 rings (SSSR count). The molecule has 0 bridgehead atoms. The number of ether oxygens (including phenoxy) is 1. The Kier molecular flexibility index (Phi) is 3.66. The van der Waals surface area contributed by atoms with Crippen molar-refractivity contribution in [2.45, 2.75) is 38.5 Å². The van der Waals surface area contributed by atoms with Crippen molar-refractivity contribution in [1.29, 1.82) is 0 Å². The zero-order valence-electron chi connectivity index (χ0n) is 12.6. The molecule has 0 saturated carbocycles. The van der Waals surface area contributed by atoms with E-state index in [9.17, 15) is 9.90 Å². The zero-order valence-corrected chi connectivity index (χ0v) is 14.2. The Hall–Kier alpha value is -0.850. The molecule has 2 aliphatic rings. The van der Waals surface area contributed by atoms with Crippen LogP contribution < -0.4 is 10.2 Å². The van der Waals surface area contributed by atoms with Crippen LogP contribution in [0.3, 0.4) is 0 Å². The van der Waals surface area contributed by atoms with Gasteiger partial charge in [0, 0.05) is 24.2 Å². The van der Waals surface area contributed by atoms with Gasteiger partial charge in [-0.25, -0.2) is 0 Å². The van der Waals surface area contributed by atoms with E-state index in [4.69, 9.17) is 4.74 Å². The van der Waals surface area contributed by atoms with E-state index >= 15 is 0 Å². The van der Waals surface area contributed by atoms with E-state index in [-0.39, 0.29) is 22.6 Å². The first kappa shape index (κ1) is 15.1. The third-order valence-corrected chi connectivity index (χ3v) is 5.78. The van der Waals surface area contributed by atoms with Crippen LogP contribution in [0.15, 0.2) is 15.5 Å². The van der Waals surface area contributed by atoms with Crippen molar-refractivity contribution >= 4 is 15.9 Å². The molecule has 116 valence electrons. The highest BCUT2D eigenvalue weighted by atomic mass is 79.9. The summed E-state index contributed by atoms with van der Waals surface area (Å²) in [6.07, 6.45) is 3.08. The molecule has 0 radical (unpaired) electrons. The van der Waals surface area contributed by atoms with Gasteiger partial charge in [0.15, 0.2) is 5.75 Å². The van der Waals surface area contributed by atoms with Gasteiger partial charge in [-0.3, -0.25) is 4.79 Å². The summed E-state index contributed by atoms with van der Waals surface area (Å²) in [4.78, 5) is 14.6. The van der Waals surface area contributed by atoms with Crippen LogP contribution in [-0.4, -0.2) is 41.3 Å². The van der Waals surface area contributed by atoms with E-state index < -0.39 is 6.10 Å². The maximum atomic E-state index is 12.2. The largest absolute Gasteiger partial charge is 0.491 e. The first-order chi connectivity index (χ1) is 9.90. The maximum Gasteiger partial charge on any atom is 0.237 e. The minimum absolute atomic E-state index is 0.200. The van der Waals surface area contributed by atoms with Crippen molar-refractivity contribution in [3.63, 3.8) is 0 Å². The van der Waals surface area contributed by atoms with E-state index in [2.05, 4.69) is 34.8 Å². The van der Waals surface area contributed by atoms with Crippen LogP contribution in [0.5, 0.6) is 5.75 Å². The molecule has 1 saturated heterocycles. The Bertz CT molecular complexity index is 630. The van der Waals surface area contributed by atoms with Crippen LogP contribution in [0.25, 0.3) is 0 Å². The fourth-order valence-electron chi connectivity index (χ4n) is 3.95. The van der Waals surface area contributed by atoms with E-state index in [1.165, 1.54) is 7.11 Å². The molecular formula is C15H21BrN2O3. The minimum Gasteiger partial charge on any atom is -0.491 e. The lowest BCUT2D eigenvalue weighted by Crippen LogP contribution is -2.57. The van der Waals surface area contributed by atoms with Gasteiger partial charge in [0.1, 0.15) is 6.10 Å². The summed E-state index contributed by atoms with van der Waals surface area (Å²) < 4.78 is 7.74. The van der Waals surface area contributed by atoms with Gasteiger partial charge in [-0.05, 0) is 42.4 Å². The lowest BCUT2D eigenvalue weighted by atomic mass is 9.67. The number of hydrogen-bond acceptors (Lipinski definition) is 4. The Labute approximate surface area is 132 Å². The first-order valence-corrected chi connectivity index (χ1v) is 8.04. The molecule has 0 aromatic carbocycles. The Morgan fingerprint density at radius 1 is 1.52 bits per heavy atom. The van der Waals surface area contributed by atoms with Gasteiger partial charge < -0.3 is 19.3 Å². The SMILES string of the molecule is COc1c2n(cc(Br)c1=O)C[C@@H]1N(C)CCC[C@]1(C)C2O. The lowest BCUT2D eigenvalue weighted by Gasteiger charge is -2.53. The zero-order chi connectivity index (χ0) is 15.4. The van der Waals surface area contributed by atoms with E-state index in [1.807, 2.05) is 4.57 Å². The third-order valence-electron chi connectivity index (χ3n) is 5.21.